The molecule has 1 atom stereocenters. The summed E-state index contributed by atoms with van der Waals surface area (Å²) in [6, 6.07) is 6.06. The van der Waals surface area contributed by atoms with E-state index in [4.69, 9.17) is 11.6 Å². The van der Waals surface area contributed by atoms with Gasteiger partial charge in [0.05, 0.1) is 17.6 Å². The van der Waals surface area contributed by atoms with Crippen LogP contribution in [0.1, 0.15) is 18.2 Å². The number of fused-ring (bicyclic) bond motifs is 5. The lowest BCUT2D eigenvalue weighted by molar-refractivity contribution is 0.308. The molecule has 1 aromatic heterocycles. The number of aromatic amines is 1. The van der Waals surface area contributed by atoms with E-state index >= 15 is 0 Å². The Morgan fingerprint density at radius 1 is 1.39 bits per heavy atom. The van der Waals surface area contributed by atoms with Crippen LogP contribution < -0.4 is 5.32 Å². The van der Waals surface area contributed by atoms with Crippen molar-refractivity contribution in [2.45, 2.75) is 19.5 Å². The predicted molar refractivity (Wildman–Crippen MR) is 74.3 cm³/mol. The molecule has 92 valence electrons. The fourth-order valence-corrected chi connectivity index (χ4v) is 3.21. The summed E-state index contributed by atoms with van der Waals surface area (Å²) in [4.78, 5) is 5.93. The summed E-state index contributed by atoms with van der Waals surface area (Å²) in [5.74, 6) is 0. The molecule has 2 aliphatic rings. The highest BCUT2D eigenvalue weighted by Gasteiger charge is 2.30. The molecule has 2 aliphatic heterocycles. The number of hydrogen-bond acceptors (Lipinski definition) is 2. The zero-order valence-electron chi connectivity index (χ0n) is 10.1. The molecule has 3 nitrogen and oxygen atoms in total. The summed E-state index contributed by atoms with van der Waals surface area (Å²) in [6.07, 6.45) is 3.57. The second-order valence-corrected chi connectivity index (χ2v) is 5.42. The van der Waals surface area contributed by atoms with Crippen LogP contribution in [0.4, 0.5) is 0 Å². The largest absolute Gasteiger partial charge is 0.370 e. The fourth-order valence-electron chi connectivity index (χ4n) is 3.04. The van der Waals surface area contributed by atoms with Crippen LogP contribution in [0.2, 0.25) is 5.02 Å². The lowest BCUT2D eigenvalue weighted by Gasteiger charge is -2.30. The summed E-state index contributed by atoms with van der Waals surface area (Å²) in [5, 5.41) is 5.44. The van der Waals surface area contributed by atoms with Crippen molar-refractivity contribution in [3.63, 3.8) is 0 Å². The van der Waals surface area contributed by atoms with Crippen molar-refractivity contribution in [1.82, 2.24) is 15.2 Å². The first-order valence-corrected chi connectivity index (χ1v) is 6.65. The van der Waals surface area contributed by atoms with E-state index < -0.39 is 0 Å². The van der Waals surface area contributed by atoms with Gasteiger partial charge in [-0.1, -0.05) is 11.6 Å². The molecule has 4 rings (SSSR count). The van der Waals surface area contributed by atoms with E-state index in [2.05, 4.69) is 40.5 Å². The first kappa shape index (κ1) is 10.3. The van der Waals surface area contributed by atoms with Crippen molar-refractivity contribution in [1.29, 1.82) is 0 Å². The van der Waals surface area contributed by atoms with E-state index in [9.17, 15) is 0 Å². The molecule has 4 heteroatoms. The fraction of sp³-hybridized carbons (Fsp3) is 0.286. The molecule has 0 bridgehead atoms. The maximum Gasteiger partial charge on any atom is 0.0958 e. The van der Waals surface area contributed by atoms with E-state index in [-0.39, 0.29) is 0 Å². The number of aromatic nitrogens is 1. The van der Waals surface area contributed by atoms with Gasteiger partial charge in [0.25, 0.3) is 0 Å². The minimum atomic E-state index is 0.392. The molecule has 18 heavy (non-hydrogen) atoms. The molecule has 2 aromatic rings. The summed E-state index contributed by atoms with van der Waals surface area (Å²) in [5.41, 5.74) is 5.09. The normalized spacial score (nSPS) is 21.6. The Kier molecular flexibility index (Phi) is 1.98. The molecule has 1 unspecified atom stereocenters. The molecule has 0 fully saturated rings. The third-order valence-corrected chi connectivity index (χ3v) is 4.20. The Morgan fingerprint density at radius 2 is 2.28 bits per heavy atom. The van der Waals surface area contributed by atoms with Crippen LogP contribution in [0.15, 0.2) is 24.4 Å². The molecule has 1 aromatic carbocycles. The van der Waals surface area contributed by atoms with Gasteiger partial charge in [0.1, 0.15) is 0 Å². The summed E-state index contributed by atoms with van der Waals surface area (Å²) < 4.78 is 0. The third kappa shape index (κ3) is 1.25. The highest BCUT2D eigenvalue weighted by atomic mass is 35.5. The Balaban J connectivity index is 1.97. The summed E-state index contributed by atoms with van der Waals surface area (Å²) >= 11 is 6.10. The predicted octanol–water partition coefficient (Wildman–Crippen LogP) is 2.93. The molecule has 0 amide bonds. The Hall–Kier alpha value is -1.61. The smallest absolute Gasteiger partial charge is 0.0958 e. The third-order valence-electron chi connectivity index (χ3n) is 3.97. The van der Waals surface area contributed by atoms with E-state index in [1.807, 2.05) is 6.07 Å². The van der Waals surface area contributed by atoms with Crippen molar-refractivity contribution in [3.05, 3.63) is 40.7 Å². The number of rotatable bonds is 0. The van der Waals surface area contributed by atoms with Gasteiger partial charge in [-0.05, 0) is 37.1 Å². The van der Waals surface area contributed by atoms with Crippen LogP contribution in [-0.4, -0.2) is 22.6 Å². The van der Waals surface area contributed by atoms with Crippen LogP contribution in [0.3, 0.4) is 0 Å². The Morgan fingerprint density at radius 3 is 3.17 bits per heavy atom. The lowest BCUT2D eigenvalue weighted by Crippen LogP contribution is -2.37. The van der Waals surface area contributed by atoms with Gasteiger partial charge in [-0.2, -0.15) is 0 Å². The van der Waals surface area contributed by atoms with Gasteiger partial charge in [-0.25, -0.2) is 0 Å². The number of nitrogens with one attached hydrogen (secondary N) is 2. The quantitative estimate of drug-likeness (QED) is 0.762. The minimum absolute atomic E-state index is 0.392. The monoisotopic (exact) mass is 259 g/mol. The van der Waals surface area contributed by atoms with E-state index in [1.54, 1.807) is 0 Å². The zero-order chi connectivity index (χ0) is 12.3. The van der Waals surface area contributed by atoms with Crippen molar-refractivity contribution in [3.8, 4) is 0 Å². The number of nitrogens with zero attached hydrogens (tertiary/aromatic N) is 1. The second-order valence-electron chi connectivity index (χ2n) is 4.98. The molecule has 0 aliphatic carbocycles. The maximum absolute atomic E-state index is 6.10. The molecule has 0 saturated carbocycles. The summed E-state index contributed by atoms with van der Waals surface area (Å²) in [6.45, 7) is 3.25. The van der Waals surface area contributed by atoms with Crippen LogP contribution in [0.5, 0.6) is 0 Å². The van der Waals surface area contributed by atoms with E-state index in [1.165, 1.54) is 27.9 Å². The van der Waals surface area contributed by atoms with Crippen LogP contribution in [0.25, 0.3) is 16.6 Å². The van der Waals surface area contributed by atoms with Crippen LogP contribution >= 0.6 is 11.6 Å². The van der Waals surface area contributed by atoms with Gasteiger partial charge in [0.2, 0.25) is 0 Å². The molecule has 0 saturated heterocycles. The number of H-pyrrole nitrogens is 1. The Labute approximate surface area is 110 Å². The van der Waals surface area contributed by atoms with Gasteiger partial charge in [-0.3, -0.25) is 0 Å². The van der Waals surface area contributed by atoms with Crippen molar-refractivity contribution in [2.24, 2.45) is 0 Å². The van der Waals surface area contributed by atoms with Gasteiger partial charge in [0.15, 0.2) is 0 Å². The van der Waals surface area contributed by atoms with Crippen molar-refractivity contribution < 1.29 is 0 Å². The van der Waals surface area contributed by atoms with Crippen molar-refractivity contribution in [2.75, 3.05) is 6.54 Å². The van der Waals surface area contributed by atoms with Crippen molar-refractivity contribution >= 4 is 28.2 Å². The highest BCUT2D eigenvalue weighted by Crippen LogP contribution is 2.36. The molecule has 0 spiro atoms. The average Bonchev–Trinajstić information content (AvgIpc) is 2.90. The molecule has 0 radical (unpaired) electrons. The van der Waals surface area contributed by atoms with Gasteiger partial charge < -0.3 is 15.2 Å². The van der Waals surface area contributed by atoms with E-state index in [0.717, 1.165) is 18.0 Å². The maximum atomic E-state index is 6.10. The zero-order valence-corrected chi connectivity index (χ0v) is 10.9. The SMILES string of the molecule is CC1NC=C2c3[nH]c4ccc(Cl)cc4c3CCN21. The average molecular weight is 260 g/mol. The van der Waals surface area contributed by atoms with Gasteiger partial charge in [0, 0.05) is 28.7 Å². The summed E-state index contributed by atoms with van der Waals surface area (Å²) in [7, 11) is 0. The number of halogens is 1. The first-order valence-electron chi connectivity index (χ1n) is 6.27. The van der Waals surface area contributed by atoms with Crippen LogP contribution in [0, 0.1) is 0 Å². The van der Waals surface area contributed by atoms with E-state index in [0.29, 0.717) is 6.17 Å². The number of hydrogen-bond donors (Lipinski definition) is 2. The van der Waals surface area contributed by atoms with Crippen LogP contribution in [-0.2, 0) is 6.42 Å². The second kappa shape index (κ2) is 3.45. The van der Waals surface area contributed by atoms with Gasteiger partial charge in [-0.15, -0.1) is 0 Å². The Bertz CT molecular complexity index is 671. The molecule has 2 N–H and O–H groups in total. The topological polar surface area (TPSA) is 31.1 Å². The minimum Gasteiger partial charge on any atom is -0.370 e. The molecule has 3 heterocycles. The standard InChI is InChI=1S/C14H14ClN3/c1-8-16-7-13-14-10(4-5-18(8)13)11-6-9(15)2-3-12(11)17-14/h2-3,6-8,16-17H,4-5H2,1H3. The molecular formula is C14H14ClN3. The number of benzene rings is 1. The van der Waals surface area contributed by atoms with Gasteiger partial charge >= 0.3 is 0 Å². The molecular weight excluding hydrogens is 246 g/mol. The first-order chi connectivity index (χ1) is 8.74. The lowest BCUT2D eigenvalue weighted by atomic mass is 10.0. The highest BCUT2D eigenvalue weighted by molar-refractivity contribution is 6.31.